The van der Waals surface area contributed by atoms with E-state index >= 15 is 0 Å². The Morgan fingerprint density at radius 2 is 1.80 bits per heavy atom. The number of nitrogens with two attached hydrogens (primary N) is 1. The second-order valence-electron chi connectivity index (χ2n) is 4.46. The number of para-hydroxylation sites is 1. The van der Waals surface area contributed by atoms with Crippen molar-refractivity contribution in [2.24, 2.45) is 10.7 Å². The van der Waals surface area contributed by atoms with E-state index in [0.29, 0.717) is 0 Å². The lowest BCUT2D eigenvalue weighted by atomic mass is 10.0. The predicted octanol–water partition coefficient (Wildman–Crippen LogP) is 2.52. The number of benzodiazepines with no additional fused rings is 1. The first-order chi connectivity index (χ1) is 9.65. The van der Waals surface area contributed by atoms with Crippen molar-refractivity contribution < 1.29 is 4.79 Å². The van der Waals surface area contributed by atoms with Gasteiger partial charge in [0.1, 0.15) is 0 Å². The lowest BCUT2D eigenvalue weighted by Gasteiger charge is -2.09. The van der Waals surface area contributed by atoms with Crippen LogP contribution in [0.2, 0.25) is 0 Å². The van der Waals surface area contributed by atoms with Gasteiger partial charge < -0.3 is 11.1 Å². The summed E-state index contributed by atoms with van der Waals surface area (Å²) >= 11 is 3.41. The Morgan fingerprint density at radius 1 is 1.10 bits per heavy atom. The molecule has 0 aromatic heterocycles. The second kappa shape index (κ2) is 5.19. The number of carbonyl (C=O) groups is 1. The van der Waals surface area contributed by atoms with Crippen molar-refractivity contribution in [1.29, 1.82) is 0 Å². The summed E-state index contributed by atoms with van der Waals surface area (Å²) in [6.45, 7) is 0. The molecule has 0 bridgehead atoms. The third-order valence-corrected chi connectivity index (χ3v) is 3.62. The molecule has 100 valence electrons. The van der Waals surface area contributed by atoms with Gasteiger partial charge in [0.05, 0.1) is 11.4 Å². The molecule has 0 spiro atoms. The van der Waals surface area contributed by atoms with Crippen molar-refractivity contribution in [2.75, 3.05) is 5.32 Å². The number of hydrogen-bond donors (Lipinski definition) is 2. The van der Waals surface area contributed by atoms with Crippen LogP contribution in [0.5, 0.6) is 0 Å². The Kier molecular flexibility index (Phi) is 3.38. The predicted molar refractivity (Wildman–Crippen MR) is 82.8 cm³/mol. The summed E-state index contributed by atoms with van der Waals surface area (Å²) in [5.41, 5.74) is 9.05. The highest BCUT2D eigenvalue weighted by Gasteiger charge is 2.22. The molecule has 1 unspecified atom stereocenters. The Balaban J connectivity index is 2.18. The van der Waals surface area contributed by atoms with E-state index in [1.54, 1.807) is 0 Å². The highest BCUT2D eigenvalue weighted by atomic mass is 79.9. The number of hydrogen-bond acceptors (Lipinski definition) is 3. The molecule has 0 saturated heterocycles. The number of halogens is 1. The summed E-state index contributed by atoms with van der Waals surface area (Å²) in [5.74, 6) is -0.301. The summed E-state index contributed by atoms with van der Waals surface area (Å²) in [6.07, 6.45) is -0.902. The van der Waals surface area contributed by atoms with Crippen LogP contribution in [-0.4, -0.2) is 17.8 Å². The van der Waals surface area contributed by atoms with Gasteiger partial charge in [-0.1, -0.05) is 46.3 Å². The van der Waals surface area contributed by atoms with Crippen molar-refractivity contribution in [1.82, 2.24) is 0 Å². The first kappa shape index (κ1) is 13.0. The number of benzene rings is 2. The standard InChI is InChI=1S/C15H12BrN3O/c16-10-7-5-9(6-8-10)13-11-3-1-2-4-12(11)18-15(20)14(17)19-13/h1-8,14H,17H2,(H,18,20). The largest absolute Gasteiger partial charge is 0.322 e. The number of aliphatic imine (C=N–C) groups is 1. The van der Waals surface area contributed by atoms with Crippen LogP contribution in [0.4, 0.5) is 5.69 Å². The molecule has 0 fully saturated rings. The van der Waals surface area contributed by atoms with E-state index in [-0.39, 0.29) is 5.91 Å². The molecule has 1 atom stereocenters. The molecule has 3 N–H and O–H groups in total. The number of nitrogens with zero attached hydrogens (tertiary/aromatic N) is 1. The summed E-state index contributed by atoms with van der Waals surface area (Å²) in [5, 5.41) is 2.80. The van der Waals surface area contributed by atoms with Crippen LogP contribution in [0.25, 0.3) is 0 Å². The van der Waals surface area contributed by atoms with Crippen molar-refractivity contribution in [3.05, 3.63) is 64.1 Å². The van der Waals surface area contributed by atoms with Gasteiger partial charge in [-0.2, -0.15) is 0 Å². The highest BCUT2D eigenvalue weighted by molar-refractivity contribution is 9.10. The minimum atomic E-state index is -0.902. The molecule has 1 aliphatic heterocycles. The lowest BCUT2D eigenvalue weighted by Crippen LogP contribution is -2.33. The van der Waals surface area contributed by atoms with Crippen molar-refractivity contribution in [3.8, 4) is 0 Å². The summed E-state index contributed by atoms with van der Waals surface area (Å²) < 4.78 is 0.988. The molecule has 3 rings (SSSR count). The number of fused-ring (bicyclic) bond motifs is 1. The minimum absolute atomic E-state index is 0.301. The maximum Gasteiger partial charge on any atom is 0.263 e. The van der Waals surface area contributed by atoms with E-state index in [0.717, 1.165) is 27.0 Å². The number of amides is 1. The fourth-order valence-corrected chi connectivity index (χ4v) is 2.37. The first-order valence-corrected chi connectivity index (χ1v) is 6.94. The minimum Gasteiger partial charge on any atom is -0.322 e. The summed E-state index contributed by atoms with van der Waals surface area (Å²) in [7, 11) is 0. The average molecular weight is 330 g/mol. The fraction of sp³-hybridized carbons (Fsp3) is 0.0667. The van der Waals surface area contributed by atoms with Crippen molar-refractivity contribution >= 4 is 33.2 Å². The summed E-state index contributed by atoms with van der Waals surface area (Å²) in [6, 6.07) is 15.3. The Labute approximate surface area is 124 Å². The van der Waals surface area contributed by atoms with E-state index in [9.17, 15) is 4.79 Å². The van der Waals surface area contributed by atoms with Crippen molar-refractivity contribution in [3.63, 3.8) is 0 Å². The molecule has 5 heteroatoms. The van der Waals surface area contributed by atoms with E-state index in [2.05, 4.69) is 26.2 Å². The van der Waals surface area contributed by atoms with Gasteiger partial charge in [0, 0.05) is 15.6 Å². The average Bonchev–Trinajstić information content (AvgIpc) is 2.58. The Hall–Kier alpha value is -1.98. The third kappa shape index (κ3) is 2.37. The van der Waals surface area contributed by atoms with E-state index in [4.69, 9.17) is 5.73 Å². The number of nitrogens with one attached hydrogen (secondary N) is 1. The summed E-state index contributed by atoms with van der Waals surface area (Å²) in [4.78, 5) is 16.2. The normalized spacial score (nSPS) is 17.8. The van der Waals surface area contributed by atoms with Crippen LogP contribution in [-0.2, 0) is 4.79 Å². The van der Waals surface area contributed by atoms with Crippen molar-refractivity contribution in [2.45, 2.75) is 6.17 Å². The van der Waals surface area contributed by atoms with Gasteiger partial charge in [0.15, 0.2) is 6.17 Å². The molecule has 2 aromatic carbocycles. The number of anilines is 1. The molecule has 20 heavy (non-hydrogen) atoms. The molecule has 1 aliphatic rings. The topological polar surface area (TPSA) is 67.5 Å². The monoisotopic (exact) mass is 329 g/mol. The Bertz CT molecular complexity index is 695. The molecule has 0 radical (unpaired) electrons. The van der Waals surface area contributed by atoms with Crippen LogP contribution in [0.3, 0.4) is 0 Å². The zero-order valence-corrected chi connectivity index (χ0v) is 12.1. The van der Waals surface area contributed by atoms with Gasteiger partial charge in [0.25, 0.3) is 5.91 Å². The maximum atomic E-state index is 11.9. The van der Waals surface area contributed by atoms with Gasteiger partial charge >= 0.3 is 0 Å². The van der Waals surface area contributed by atoms with Gasteiger partial charge in [-0.05, 0) is 18.2 Å². The molecular weight excluding hydrogens is 318 g/mol. The molecular formula is C15H12BrN3O. The first-order valence-electron chi connectivity index (χ1n) is 6.15. The lowest BCUT2D eigenvalue weighted by molar-refractivity contribution is -0.117. The Morgan fingerprint density at radius 3 is 2.55 bits per heavy atom. The highest BCUT2D eigenvalue weighted by Crippen LogP contribution is 2.24. The van der Waals surface area contributed by atoms with Gasteiger partial charge in [-0.25, -0.2) is 0 Å². The van der Waals surface area contributed by atoms with Crippen LogP contribution < -0.4 is 11.1 Å². The third-order valence-electron chi connectivity index (χ3n) is 3.09. The van der Waals surface area contributed by atoms with E-state index < -0.39 is 6.17 Å². The van der Waals surface area contributed by atoms with Crippen LogP contribution >= 0.6 is 15.9 Å². The van der Waals surface area contributed by atoms with Gasteiger partial charge in [-0.3, -0.25) is 9.79 Å². The molecule has 1 heterocycles. The molecule has 0 saturated carbocycles. The fourth-order valence-electron chi connectivity index (χ4n) is 2.11. The van der Waals surface area contributed by atoms with E-state index in [1.165, 1.54) is 0 Å². The van der Waals surface area contributed by atoms with Gasteiger partial charge in [0.2, 0.25) is 0 Å². The molecule has 1 amide bonds. The van der Waals surface area contributed by atoms with Crippen LogP contribution in [0.1, 0.15) is 11.1 Å². The van der Waals surface area contributed by atoms with Crippen LogP contribution in [0, 0.1) is 0 Å². The number of carbonyl (C=O) groups excluding carboxylic acids is 1. The second-order valence-corrected chi connectivity index (χ2v) is 5.38. The smallest absolute Gasteiger partial charge is 0.263 e. The number of rotatable bonds is 1. The molecule has 4 nitrogen and oxygen atoms in total. The maximum absolute atomic E-state index is 11.9. The van der Waals surface area contributed by atoms with Crippen LogP contribution in [0.15, 0.2) is 58.0 Å². The zero-order valence-electron chi connectivity index (χ0n) is 10.5. The quantitative estimate of drug-likeness (QED) is 0.844. The van der Waals surface area contributed by atoms with Gasteiger partial charge in [-0.15, -0.1) is 0 Å². The zero-order chi connectivity index (χ0) is 14.1. The molecule has 2 aromatic rings. The SMILES string of the molecule is NC1N=C(c2ccc(Br)cc2)c2ccccc2NC1=O. The molecule has 0 aliphatic carbocycles. The van der Waals surface area contributed by atoms with E-state index in [1.807, 2.05) is 48.5 Å².